The van der Waals surface area contributed by atoms with Crippen molar-refractivity contribution in [3.8, 4) is 0 Å². The predicted octanol–water partition coefficient (Wildman–Crippen LogP) is 1.67. The van der Waals surface area contributed by atoms with E-state index in [-0.39, 0.29) is 31.3 Å². The lowest BCUT2D eigenvalue weighted by Crippen LogP contribution is -2.50. The van der Waals surface area contributed by atoms with Gasteiger partial charge in [0.05, 0.1) is 36.1 Å². The molecular formula is C15H21ClN2O3. The number of amides is 1. The van der Waals surface area contributed by atoms with E-state index in [9.17, 15) is 9.90 Å². The lowest BCUT2D eigenvalue weighted by molar-refractivity contribution is -0.124. The first-order chi connectivity index (χ1) is 9.97. The molecule has 5 nitrogen and oxygen atoms in total. The summed E-state index contributed by atoms with van der Waals surface area (Å²) < 4.78 is 5.55. The van der Waals surface area contributed by atoms with Gasteiger partial charge in [0.2, 0.25) is 5.91 Å². The van der Waals surface area contributed by atoms with Crippen LogP contribution in [0.15, 0.2) is 18.2 Å². The minimum atomic E-state index is -0.232. The van der Waals surface area contributed by atoms with Crippen LogP contribution in [-0.4, -0.2) is 54.4 Å². The van der Waals surface area contributed by atoms with Crippen LogP contribution in [0, 0.1) is 6.92 Å². The molecule has 2 rings (SSSR count). The van der Waals surface area contributed by atoms with E-state index in [1.165, 1.54) is 0 Å². The van der Waals surface area contributed by atoms with Gasteiger partial charge in [-0.2, -0.15) is 0 Å². The third kappa shape index (κ3) is 4.68. The van der Waals surface area contributed by atoms with Crippen LogP contribution in [0.25, 0.3) is 0 Å². The quantitative estimate of drug-likeness (QED) is 0.888. The number of halogens is 1. The molecule has 0 saturated carbocycles. The zero-order valence-electron chi connectivity index (χ0n) is 12.3. The number of aliphatic hydroxyl groups excluding tert-OH is 1. The smallest absolute Gasteiger partial charge is 0.238 e. The van der Waals surface area contributed by atoms with Crippen molar-refractivity contribution >= 4 is 23.2 Å². The van der Waals surface area contributed by atoms with E-state index in [0.29, 0.717) is 23.8 Å². The Morgan fingerprint density at radius 1 is 1.52 bits per heavy atom. The summed E-state index contributed by atoms with van der Waals surface area (Å²) in [5, 5.41) is 12.5. The molecule has 6 heteroatoms. The van der Waals surface area contributed by atoms with Crippen molar-refractivity contribution in [3.05, 3.63) is 28.8 Å². The van der Waals surface area contributed by atoms with Gasteiger partial charge in [0.15, 0.2) is 0 Å². The van der Waals surface area contributed by atoms with Crippen LogP contribution in [0.4, 0.5) is 5.69 Å². The lowest BCUT2D eigenvalue weighted by Gasteiger charge is -2.35. The van der Waals surface area contributed by atoms with E-state index in [0.717, 1.165) is 5.56 Å². The summed E-state index contributed by atoms with van der Waals surface area (Å²) >= 11 is 6.10. The molecule has 2 unspecified atom stereocenters. The van der Waals surface area contributed by atoms with Crippen LogP contribution in [0.3, 0.4) is 0 Å². The highest BCUT2D eigenvalue weighted by Crippen LogP contribution is 2.22. The van der Waals surface area contributed by atoms with Crippen molar-refractivity contribution in [1.29, 1.82) is 0 Å². The number of ether oxygens (including phenoxy) is 1. The van der Waals surface area contributed by atoms with Crippen LogP contribution in [0.1, 0.15) is 12.5 Å². The Balaban J connectivity index is 1.92. The summed E-state index contributed by atoms with van der Waals surface area (Å²) in [4.78, 5) is 14.1. The second-order valence-electron chi connectivity index (χ2n) is 5.48. The number of carbonyl (C=O) groups is 1. The average molecular weight is 313 g/mol. The van der Waals surface area contributed by atoms with E-state index < -0.39 is 0 Å². The number of hydrogen-bond donors (Lipinski definition) is 2. The Hall–Kier alpha value is -1.14. The summed E-state index contributed by atoms with van der Waals surface area (Å²) in [7, 11) is 0. The highest BCUT2D eigenvalue weighted by atomic mass is 35.5. The molecule has 1 fully saturated rings. The number of anilines is 1. The normalized spacial score (nSPS) is 23.0. The Labute approximate surface area is 129 Å². The topological polar surface area (TPSA) is 61.8 Å². The number of nitrogens with one attached hydrogen (secondary N) is 1. The number of aryl methyl sites for hydroxylation is 1. The lowest BCUT2D eigenvalue weighted by atomic mass is 10.2. The summed E-state index contributed by atoms with van der Waals surface area (Å²) in [6.45, 7) is 5.33. The van der Waals surface area contributed by atoms with Gasteiger partial charge in [-0.3, -0.25) is 9.69 Å². The van der Waals surface area contributed by atoms with E-state index >= 15 is 0 Å². The average Bonchev–Trinajstić information content (AvgIpc) is 2.41. The summed E-state index contributed by atoms with van der Waals surface area (Å²) in [6, 6.07) is 5.52. The second-order valence-corrected chi connectivity index (χ2v) is 5.88. The first kappa shape index (κ1) is 16.2. The highest BCUT2D eigenvalue weighted by molar-refractivity contribution is 6.33. The summed E-state index contributed by atoms with van der Waals surface area (Å²) in [5.41, 5.74) is 1.66. The monoisotopic (exact) mass is 312 g/mol. The van der Waals surface area contributed by atoms with Gasteiger partial charge in [0, 0.05) is 13.1 Å². The number of morpholine rings is 1. The summed E-state index contributed by atoms with van der Waals surface area (Å²) in [6.07, 6.45) is -0.226. The number of carbonyl (C=O) groups excluding carboxylic acids is 1. The third-order valence-corrected chi connectivity index (χ3v) is 3.68. The molecule has 1 heterocycles. The van der Waals surface area contributed by atoms with Crippen molar-refractivity contribution in [3.63, 3.8) is 0 Å². The van der Waals surface area contributed by atoms with E-state index in [1.807, 2.05) is 30.9 Å². The van der Waals surface area contributed by atoms with Gasteiger partial charge in [-0.1, -0.05) is 17.7 Å². The standard InChI is InChI=1S/C15H21ClN2O3/c1-10-3-4-14(13(16)5-10)17-15(20)8-18-6-11(2)21-12(7-18)9-19/h3-5,11-12,19H,6-9H2,1-2H3,(H,17,20). The van der Waals surface area contributed by atoms with Crippen LogP contribution in [-0.2, 0) is 9.53 Å². The number of benzene rings is 1. The molecule has 1 aliphatic rings. The minimum Gasteiger partial charge on any atom is -0.394 e. The van der Waals surface area contributed by atoms with Gasteiger partial charge in [0.25, 0.3) is 0 Å². The fraction of sp³-hybridized carbons (Fsp3) is 0.533. The zero-order valence-corrected chi connectivity index (χ0v) is 13.1. The SMILES string of the molecule is Cc1ccc(NC(=O)CN2CC(C)OC(CO)C2)c(Cl)c1. The summed E-state index contributed by atoms with van der Waals surface area (Å²) in [5.74, 6) is -0.119. The molecule has 1 aromatic rings. The van der Waals surface area contributed by atoms with Gasteiger partial charge in [-0.05, 0) is 31.5 Å². The first-order valence-corrected chi connectivity index (χ1v) is 7.40. The molecule has 116 valence electrons. The van der Waals surface area contributed by atoms with Gasteiger partial charge < -0.3 is 15.2 Å². The number of hydrogen-bond acceptors (Lipinski definition) is 4. The minimum absolute atomic E-state index is 0.00617. The maximum atomic E-state index is 12.1. The Kier molecular flexibility index (Phi) is 5.58. The highest BCUT2D eigenvalue weighted by Gasteiger charge is 2.26. The van der Waals surface area contributed by atoms with Crippen molar-refractivity contribution in [1.82, 2.24) is 4.90 Å². The maximum Gasteiger partial charge on any atom is 0.238 e. The molecule has 0 spiro atoms. The second kappa shape index (κ2) is 7.22. The fourth-order valence-electron chi connectivity index (χ4n) is 2.48. The largest absolute Gasteiger partial charge is 0.394 e. The molecule has 1 saturated heterocycles. The molecule has 2 atom stereocenters. The molecule has 1 amide bonds. The molecule has 0 bridgehead atoms. The van der Waals surface area contributed by atoms with Crippen molar-refractivity contribution in [2.45, 2.75) is 26.1 Å². The van der Waals surface area contributed by atoms with E-state index in [4.69, 9.17) is 16.3 Å². The van der Waals surface area contributed by atoms with Crippen LogP contribution in [0.2, 0.25) is 5.02 Å². The Morgan fingerprint density at radius 3 is 2.95 bits per heavy atom. The molecule has 21 heavy (non-hydrogen) atoms. The van der Waals surface area contributed by atoms with Crippen molar-refractivity contribution in [2.24, 2.45) is 0 Å². The molecule has 1 aliphatic heterocycles. The third-order valence-electron chi connectivity index (χ3n) is 3.37. The molecule has 1 aromatic carbocycles. The van der Waals surface area contributed by atoms with Crippen LogP contribution < -0.4 is 5.32 Å². The molecule has 0 radical (unpaired) electrons. The number of aliphatic hydroxyl groups is 1. The Bertz CT molecular complexity index is 510. The molecule has 2 N–H and O–H groups in total. The van der Waals surface area contributed by atoms with E-state index in [1.54, 1.807) is 6.07 Å². The van der Waals surface area contributed by atoms with Gasteiger partial charge >= 0.3 is 0 Å². The molecule has 0 aliphatic carbocycles. The predicted molar refractivity (Wildman–Crippen MR) is 82.7 cm³/mol. The van der Waals surface area contributed by atoms with Crippen molar-refractivity contribution < 1.29 is 14.6 Å². The van der Waals surface area contributed by atoms with Crippen molar-refractivity contribution in [2.75, 3.05) is 31.6 Å². The molecule has 0 aromatic heterocycles. The number of rotatable bonds is 4. The van der Waals surface area contributed by atoms with Crippen LogP contribution >= 0.6 is 11.6 Å². The Morgan fingerprint density at radius 2 is 2.29 bits per heavy atom. The van der Waals surface area contributed by atoms with Gasteiger partial charge in [-0.25, -0.2) is 0 Å². The maximum absolute atomic E-state index is 12.1. The van der Waals surface area contributed by atoms with Gasteiger partial charge in [-0.15, -0.1) is 0 Å². The molecular weight excluding hydrogens is 292 g/mol. The number of nitrogens with zero attached hydrogens (tertiary/aromatic N) is 1. The zero-order chi connectivity index (χ0) is 15.4. The van der Waals surface area contributed by atoms with Crippen LogP contribution in [0.5, 0.6) is 0 Å². The van der Waals surface area contributed by atoms with Gasteiger partial charge in [0.1, 0.15) is 0 Å². The van der Waals surface area contributed by atoms with E-state index in [2.05, 4.69) is 5.32 Å². The fourth-order valence-corrected chi connectivity index (χ4v) is 2.77. The first-order valence-electron chi connectivity index (χ1n) is 7.02.